The van der Waals surface area contributed by atoms with Crippen LogP contribution in [0, 0.1) is 6.92 Å². The van der Waals surface area contributed by atoms with Crippen LogP contribution >= 0.6 is 0 Å². The predicted molar refractivity (Wildman–Crippen MR) is 88.5 cm³/mol. The summed E-state index contributed by atoms with van der Waals surface area (Å²) in [5, 5.41) is 5.25. The molecule has 1 saturated heterocycles. The molecule has 1 aromatic carbocycles. The summed E-state index contributed by atoms with van der Waals surface area (Å²) in [6.45, 7) is 5.45. The van der Waals surface area contributed by atoms with E-state index in [1.807, 2.05) is 29.4 Å². The smallest absolute Gasteiger partial charge is 0.128 e. The molecule has 0 radical (unpaired) electrons. The van der Waals surface area contributed by atoms with Crippen LogP contribution in [0.2, 0.25) is 0 Å². The van der Waals surface area contributed by atoms with Crippen molar-refractivity contribution in [2.75, 3.05) is 33.3 Å². The maximum atomic E-state index is 13.0. The molecule has 1 N–H and O–H groups in total. The Hall–Kier alpha value is -1.50. The van der Waals surface area contributed by atoms with E-state index in [9.17, 15) is 4.21 Å². The van der Waals surface area contributed by atoms with Gasteiger partial charge in [-0.3, -0.25) is 4.98 Å². The monoisotopic (exact) mass is 319 g/mol. The van der Waals surface area contributed by atoms with E-state index in [1.165, 1.54) is 0 Å². The molecular weight excluding hydrogens is 298 g/mol. The van der Waals surface area contributed by atoms with E-state index < -0.39 is 11.0 Å². The van der Waals surface area contributed by atoms with Crippen molar-refractivity contribution >= 4 is 21.8 Å². The molecule has 0 spiro atoms. The fourth-order valence-electron chi connectivity index (χ4n) is 2.86. The molecule has 6 heteroatoms. The molecule has 22 heavy (non-hydrogen) atoms. The average molecular weight is 319 g/mol. The van der Waals surface area contributed by atoms with Gasteiger partial charge in [-0.2, -0.15) is 0 Å². The summed E-state index contributed by atoms with van der Waals surface area (Å²) in [5.41, 5.74) is 0.894. The van der Waals surface area contributed by atoms with Crippen molar-refractivity contribution < 1.29 is 8.95 Å². The Morgan fingerprint density at radius 3 is 2.95 bits per heavy atom. The number of hydrogen-bond donors (Lipinski definition) is 1. The van der Waals surface area contributed by atoms with Crippen LogP contribution in [-0.2, 0) is 11.0 Å². The van der Waals surface area contributed by atoms with Crippen molar-refractivity contribution in [3.8, 4) is 5.75 Å². The van der Waals surface area contributed by atoms with E-state index >= 15 is 0 Å². The van der Waals surface area contributed by atoms with Crippen molar-refractivity contribution in [1.29, 1.82) is 0 Å². The van der Waals surface area contributed by atoms with Crippen LogP contribution < -0.4 is 10.1 Å². The molecule has 1 aliphatic rings. The molecule has 1 unspecified atom stereocenters. The first-order valence-electron chi connectivity index (χ1n) is 7.52. The Kier molecular flexibility index (Phi) is 4.71. The van der Waals surface area contributed by atoms with E-state index in [-0.39, 0.29) is 0 Å². The van der Waals surface area contributed by atoms with Crippen molar-refractivity contribution in [1.82, 2.24) is 14.6 Å². The summed E-state index contributed by atoms with van der Waals surface area (Å²) >= 11 is 0. The molecular formula is C16H21N3O2S. The SMILES string of the molecule is COc1ccc(S(=O)N2CCCNCC2)c2ccnc(C)c12. The summed E-state index contributed by atoms with van der Waals surface area (Å²) in [7, 11) is 0.487. The summed E-state index contributed by atoms with van der Waals surface area (Å²) in [5.74, 6) is 0.777. The van der Waals surface area contributed by atoms with Gasteiger partial charge in [0, 0.05) is 42.3 Å². The number of methoxy groups -OCH3 is 1. The summed E-state index contributed by atoms with van der Waals surface area (Å²) in [6.07, 6.45) is 2.78. The second kappa shape index (κ2) is 6.73. The van der Waals surface area contributed by atoms with Crippen molar-refractivity contribution in [3.63, 3.8) is 0 Å². The highest BCUT2D eigenvalue weighted by Crippen LogP contribution is 2.32. The molecule has 0 amide bonds. The Morgan fingerprint density at radius 1 is 1.27 bits per heavy atom. The van der Waals surface area contributed by atoms with Gasteiger partial charge in [0.15, 0.2) is 0 Å². The number of nitrogens with one attached hydrogen (secondary N) is 1. The number of aryl methyl sites for hydroxylation is 1. The number of hydrogen-bond acceptors (Lipinski definition) is 4. The number of pyridine rings is 1. The number of fused-ring (bicyclic) bond motifs is 1. The third-order valence-corrected chi connectivity index (χ3v) is 5.55. The van der Waals surface area contributed by atoms with Crippen LogP contribution in [0.5, 0.6) is 5.75 Å². The maximum absolute atomic E-state index is 13.0. The molecule has 1 aromatic heterocycles. The van der Waals surface area contributed by atoms with Crippen LogP contribution in [-0.4, -0.2) is 46.8 Å². The molecule has 2 aromatic rings. The maximum Gasteiger partial charge on any atom is 0.128 e. The number of rotatable bonds is 3. The van der Waals surface area contributed by atoms with Gasteiger partial charge in [0.05, 0.1) is 12.0 Å². The lowest BCUT2D eigenvalue weighted by molar-refractivity contribution is 0.419. The van der Waals surface area contributed by atoms with Gasteiger partial charge < -0.3 is 10.1 Å². The number of aromatic nitrogens is 1. The number of ether oxygens (including phenoxy) is 1. The Bertz CT molecular complexity index is 697. The topological polar surface area (TPSA) is 54.5 Å². The molecule has 118 valence electrons. The van der Waals surface area contributed by atoms with Crippen LogP contribution in [0.15, 0.2) is 29.3 Å². The lowest BCUT2D eigenvalue weighted by Gasteiger charge is -2.20. The van der Waals surface area contributed by atoms with Crippen LogP contribution in [0.25, 0.3) is 10.8 Å². The summed E-state index contributed by atoms with van der Waals surface area (Å²) in [4.78, 5) is 5.18. The Balaban J connectivity index is 2.07. The Labute approximate surface area is 133 Å². The fourth-order valence-corrected chi connectivity index (χ4v) is 4.23. The van der Waals surface area contributed by atoms with Crippen molar-refractivity contribution in [2.24, 2.45) is 0 Å². The molecule has 2 heterocycles. The number of nitrogens with zero attached hydrogens (tertiary/aromatic N) is 2. The molecule has 0 bridgehead atoms. The van der Waals surface area contributed by atoms with E-state index in [2.05, 4.69) is 10.3 Å². The minimum absolute atomic E-state index is 0.777. The van der Waals surface area contributed by atoms with Crippen LogP contribution in [0.3, 0.4) is 0 Å². The Morgan fingerprint density at radius 2 is 2.14 bits per heavy atom. The number of benzene rings is 1. The van der Waals surface area contributed by atoms with Gasteiger partial charge in [-0.1, -0.05) is 0 Å². The van der Waals surface area contributed by atoms with Crippen LogP contribution in [0.4, 0.5) is 0 Å². The first kappa shape index (κ1) is 15.4. The highest BCUT2D eigenvalue weighted by molar-refractivity contribution is 7.83. The first-order valence-corrected chi connectivity index (χ1v) is 8.63. The third kappa shape index (κ3) is 2.86. The minimum atomic E-state index is -1.16. The third-order valence-electron chi connectivity index (χ3n) is 3.98. The quantitative estimate of drug-likeness (QED) is 0.938. The zero-order valence-electron chi connectivity index (χ0n) is 13.0. The predicted octanol–water partition coefficient (Wildman–Crippen LogP) is 1.87. The lowest BCUT2D eigenvalue weighted by Crippen LogP contribution is -2.30. The largest absolute Gasteiger partial charge is 0.496 e. The van der Waals surface area contributed by atoms with Gasteiger partial charge in [-0.05, 0) is 38.1 Å². The fraction of sp³-hybridized carbons (Fsp3) is 0.438. The van der Waals surface area contributed by atoms with Gasteiger partial charge in [-0.25, -0.2) is 8.51 Å². The van der Waals surface area contributed by atoms with Gasteiger partial charge in [0.25, 0.3) is 0 Å². The van der Waals surface area contributed by atoms with Crippen molar-refractivity contribution in [2.45, 2.75) is 18.2 Å². The van der Waals surface area contributed by atoms with E-state index in [1.54, 1.807) is 13.3 Å². The van der Waals surface area contributed by atoms with Crippen molar-refractivity contribution in [3.05, 3.63) is 30.1 Å². The van der Waals surface area contributed by atoms with Crippen LogP contribution in [0.1, 0.15) is 12.1 Å². The first-order chi connectivity index (χ1) is 10.7. The van der Waals surface area contributed by atoms with E-state index in [0.29, 0.717) is 0 Å². The molecule has 1 atom stereocenters. The lowest BCUT2D eigenvalue weighted by atomic mass is 10.1. The standard InChI is InChI=1S/C16H21N3O2S/c1-12-16-13(6-8-18-12)15(5-4-14(16)21-2)22(20)19-10-3-7-17-9-11-19/h4-6,8,17H,3,7,9-11H2,1-2H3. The van der Waals surface area contributed by atoms with Gasteiger partial charge in [0.1, 0.15) is 16.7 Å². The highest BCUT2D eigenvalue weighted by Gasteiger charge is 2.20. The normalized spacial score (nSPS) is 18.1. The molecule has 0 aliphatic carbocycles. The van der Waals surface area contributed by atoms with E-state index in [0.717, 1.165) is 59.7 Å². The summed E-state index contributed by atoms with van der Waals surface area (Å²) in [6, 6.07) is 5.73. The average Bonchev–Trinajstić information content (AvgIpc) is 2.83. The molecule has 0 saturated carbocycles. The van der Waals surface area contributed by atoms with Gasteiger partial charge in [0.2, 0.25) is 0 Å². The molecule has 5 nitrogen and oxygen atoms in total. The minimum Gasteiger partial charge on any atom is -0.496 e. The second-order valence-electron chi connectivity index (χ2n) is 5.37. The highest BCUT2D eigenvalue weighted by atomic mass is 32.2. The summed E-state index contributed by atoms with van der Waals surface area (Å²) < 4.78 is 20.5. The second-order valence-corrected chi connectivity index (χ2v) is 6.82. The van der Waals surface area contributed by atoms with Gasteiger partial charge in [-0.15, -0.1) is 0 Å². The molecule has 1 aliphatic heterocycles. The molecule has 3 rings (SSSR count). The molecule has 1 fully saturated rings. The van der Waals surface area contributed by atoms with Gasteiger partial charge >= 0.3 is 0 Å². The zero-order valence-corrected chi connectivity index (χ0v) is 13.8. The van der Waals surface area contributed by atoms with E-state index in [4.69, 9.17) is 4.74 Å². The zero-order chi connectivity index (χ0) is 15.5.